The van der Waals surface area contributed by atoms with E-state index in [-0.39, 0.29) is 18.4 Å². The largest absolute Gasteiger partial charge is 0.495 e. The summed E-state index contributed by atoms with van der Waals surface area (Å²) in [7, 11) is 1.52. The highest BCUT2D eigenvalue weighted by molar-refractivity contribution is 6.32. The monoisotopic (exact) mass is 468 g/mol. The number of carbonyl (C=O) groups is 2. The number of methoxy groups -OCH3 is 1. The smallest absolute Gasteiger partial charge is 0.408 e. The molecule has 8 heteroatoms. The highest BCUT2D eigenvalue weighted by atomic mass is 35.5. The third-order valence-electron chi connectivity index (χ3n) is 6.48. The topological polar surface area (TPSA) is 90.3 Å². The van der Waals surface area contributed by atoms with Crippen molar-refractivity contribution < 1.29 is 24.5 Å². The predicted molar refractivity (Wildman–Crippen MR) is 125 cm³/mol. The van der Waals surface area contributed by atoms with Gasteiger partial charge in [0.1, 0.15) is 11.8 Å². The maximum atomic E-state index is 13.6. The molecular formula is C24H37ClN2O5. The number of carbonyl (C=O) groups excluding carboxylic acids is 1. The minimum Gasteiger partial charge on any atom is -0.495 e. The Morgan fingerprint density at radius 1 is 1.25 bits per heavy atom. The van der Waals surface area contributed by atoms with Gasteiger partial charge in [-0.05, 0) is 50.8 Å². The number of carboxylic acid groups (broad SMARTS) is 1. The molecule has 1 aromatic carbocycles. The number of hydrogen-bond acceptors (Lipinski definition) is 4. The fraction of sp³-hybridized carbons (Fsp3) is 0.667. The van der Waals surface area contributed by atoms with Crippen molar-refractivity contribution >= 4 is 23.6 Å². The molecule has 0 radical (unpaired) electrons. The van der Waals surface area contributed by atoms with E-state index in [0.717, 1.165) is 0 Å². The van der Waals surface area contributed by atoms with Gasteiger partial charge in [0, 0.05) is 24.0 Å². The molecule has 2 rings (SSSR count). The van der Waals surface area contributed by atoms with Gasteiger partial charge < -0.3 is 19.8 Å². The van der Waals surface area contributed by atoms with E-state index >= 15 is 0 Å². The van der Waals surface area contributed by atoms with E-state index in [1.165, 1.54) is 12.0 Å². The maximum Gasteiger partial charge on any atom is 0.408 e. The molecule has 2 amide bonds. The Bertz CT molecular complexity index is 864. The molecule has 7 nitrogen and oxygen atoms in total. The Kier molecular flexibility index (Phi) is 7.47. The quantitative estimate of drug-likeness (QED) is 0.659. The first-order chi connectivity index (χ1) is 14.6. The molecule has 0 aliphatic carbocycles. The Labute approximate surface area is 196 Å². The molecule has 180 valence electrons. The minimum atomic E-state index is -1.20. The van der Waals surface area contributed by atoms with Crippen molar-refractivity contribution in [1.82, 2.24) is 9.80 Å². The number of amides is 2. The van der Waals surface area contributed by atoms with Gasteiger partial charge in [0.2, 0.25) is 5.91 Å². The number of hydrogen-bond donors (Lipinski definition) is 2. The van der Waals surface area contributed by atoms with Crippen LogP contribution in [-0.4, -0.2) is 63.8 Å². The Balaban J connectivity index is 2.38. The van der Waals surface area contributed by atoms with Gasteiger partial charge in [-0.2, -0.15) is 0 Å². The van der Waals surface area contributed by atoms with Crippen LogP contribution in [0.15, 0.2) is 18.2 Å². The minimum absolute atomic E-state index is 0.206. The second kappa shape index (κ2) is 9.10. The van der Waals surface area contributed by atoms with E-state index in [4.69, 9.17) is 16.3 Å². The van der Waals surface area contributed by atoms with Gasteiger partial charge in [-0.25, -0.2) is 4.79 Å². The molecule has 32 heavy (non-hydrogen) atoms. The average Bonchev–Trinajstić information content (AvgIpc) is 2.66. The SMILES string of the molecule is COc1cc(C2(O)CCN(C(=O)[C@@H](C(C)C)N(C(=O)O)C(C)(C)C)CC2(C)C)ccc1Cl. The number of halogens is 1. The summed E-state index contributed by atoms with van der Waals surface area (Å²) in [4.78, 5) is 28.6. The van der Waals surface area contributed by atoms with Crippen LogP contribution in [0.2, 0.25) is 5.02 Å². The van der Waals surface area contributed by atoms with Crippen LogP contribution < -0.4 is 4.74 Å². The van der Waals surface area contributed by atoms with Crippen LogP contribution in [-0.2, 0) is 10.4 Å². The zero-order valence-electron chi connectivity index (χ0n) is 20.4. The van der Waals surface area contributed by atoms with Gasteiger partial charge in [-0.3, -0.25) is 9.69 Å². The summed E-state index contributed by atoms with van der Waals surface area (Å²) in [6.07, 6.45) is -0.810. The first kappa shape index (κ1) is 26.3. The van der Waals surface area contributed by atoms with Crippen LogP contribution >= 0.6 is 11.6 Å². The first-order valence-corrected chi connectivity index (χ1v) is 11.3. The zero-order chi connectivity index (χ0) is 24.6. The van der Waals surface area contributed by atoms with Crippen molar-refractivity contribution in [3.05, 3.63) is 28.8 Å². The van der Waals surface area contributed by atoms with Crippen LogP contribution in [0.3, 0.4) is 0 Å². The van der Waals surface area contributed by atoms with Crippen LogP contribution in [0.25, 0.3) is 0 Å². The molecule has 1 aliphatic heterocycles. The molecule has 1 heterocycles. The number of piperidine rings is 1. The molecule has 1 unspecified atom stereocenters. The van der Waals surface area contributed by atoms with E-state index in [0.29, 0.717) is 29.3 Å². The van der Waals surface area contributed by atoms with Crippen LogP contribution in [0, 0.1) is 11.3 Å². The summed E-state index contributed by atoms with van der Waals surface area (Å²) >= 11 is 6.16. The van der Waals surface area contributed by atoms with Gasteiger partial charge in [-0.15, -0.1) is 0 Å². The van der Waals surface area contributed by atoms with Gasteiger partial charge in [0.25, 0.3) is 0 Å². The fourth-order valence-corrected chi connectivity index (χ4v) is 4.86. The lowest BCUT2D eigenvalue weighted by Crippen LogP contribution is -2.63. The van der Waals surface area contributed by atoms with Crippen LogP contribution in [0.4, 0.5) is 4.79 Å². The van der Waals surface area contributed by atoms with Gasteiger partial charge >= 0.3 is 6.09 Å². The van der Waals surface area contributed by atoms with Crippen molar-refractivity contribution in [2.45, 2.75) is 72.1 Å². The van der Waals surface area contributed by atoms with E-state index < -0.39 is 28.7 Å². The summed E-state index contributed by atoms with van der Waals surface area (Å²) in [5.74, 6) is 0.0393. The first-order valence-electron chi connectivity index (χ1n) is 10.9. The van der Waals surface area contributed by atoms with Crippen LogP contribution in [0.5, 0.6) is 5.75 Å². The molecule has 1 aromatic rings. The summed E-state index contributed by atoms with van der Waals surface area (Å²) in [5, 5.41) is 22.0. The molecular weight excluding hydrogens is 432 g/mol. The zero-order valence-corrected chi connectivity index (χ0v) is 21.2. The fourth-order valence-electron chi connectivity index (χ4n) is 4.67. The van der Waals surface area contributed by atoms with Gasteiger partial charge in [0.15, 0.2) is 0 Å². The van der Waals surface area contributed by atoms with Crippen molar-refractivity contribution in [1.29, 1.82) is 0 Å². The molecule has 2 atom stereocenters. The molecule has 2 N–H and O–H groups in total. The van der Waals surface area contributed by atoms with Crippen molar-refractivity contribution in [2.75, 3.05) is 20.2 Å². The summed E-state index contributed by atoms with van der Waals surface area (Å²) < 4.78 is 5.32. The van der Waals surface area contributed by atoms with E-state index in [1.807, 2.05) is 27.7 Å². The molecule has 1 fully saturated rings. The maximum absolute atomic E-state index is 13.6. The number of rotatable bonds is 5. The van der Waals surface area contributed by atoms with E-state index in [1.54, 1.807) is 43.9 Å². The predicted octanol–water partition coefficient (Wildman–Crippen LogP) is 4.60. The van der Waals surface area contributed by atoms with Gasteiger partial charge in [0.05, 0.1) is 17.7 Å². The third-order valence-corrected chi connectivity index (χ3v) is 6.79. The Hall–Kier alpha value is -1.99. The number of benzene rings is 1. The Morgan fingerprint density at radius 2 is 1.84 bits per heavy atom. The number of ether oxygens (including phenoxy) is 1. The molecule has 0 saturated carbocycles. The lowest BCUT2D eigenvalue weighted by atomic mass is 9.66. The van der Waals surface area contributed by atoms with Crippen molar-refractivity contribution in [2.24, 2.45) is 11.3 Å². The lowest BCUT2D eigenvalue weighted by molar-refractivity contribution is -0.160. The highest BCUT2D eigenvalue weighted by Gasteiger charge is 2.51. The molecule has 0 aromatic heterocycles. The number of aliphatic hydroxyl groups is 1. The standard InChI is InChI=1S/C24H37ClN2O5/c1-15(2)19(27(21(29)30)22(3,4)5)20(28)26-12-11-24(31,23(6,7)14-26)16-9-10-17(25)18(13-16)32-8/h9-10,13,15,19,31H,11-12,14H2,1-8H3,(H,29,30)/t19-,24?/m1/s1. The molecule has 0 spiro atoms. The van der Waals surface area contributed by atoms with Crippen molar-refractivity contribution in [3.63, 3.8) is 0 Å². The van der Waals surface area contributed by atoms with E-state index in [2.05, 4.69) is 0 Å². The summed E-state index contributed by atoms with van der Waals surface area (Å²) in [6.45, 7) is 13.5. The molecule has 1 aliphatic rings. The summed E-state index contributed by atoms with van der Waals surface area (Å²) in [6, 6.07) is 4.41. The molecule has 1 saturated heterocycles. The number of likely N-dealkylation sites (tertiary alicyclic amines) is 1. The third kappa shape index (κ3) is 4.84. The van der Waals surface area contributed by atoms with Gasteiger partial charge in [-0.1, -0.05) is 45.4 Å². The Morgan fingerprint density at radius 3 is 2.28 bits per heavy atom. The number of nitrogens with zero attached hydrogens (tertiary/aromatic N) is 2. The summed E-state index contributed by atoms with van der Waals surface area (Å²) in [5.41, 5.74) is -1.96. The average molecular weight is 469 g/mol. The lowest BCUT2D eigenvalue weighted by Gasteiger charge is -2.52. The molecule has 0 bridgehead atoms. The second-order valence-electron chi connectivity index (χ2n) is 10.6. The van der Waals surface area contributed by atoms with Crippen molar-refractivity contribution in [3.8, 4) is 5.75 Å². The van der Waals surface area contributed by atoms with E-state index in [9.17, 15) is 19.8 Å². The highest BCUT2D eigenvalue weighted by Crippen LogP contribution is 2.47. The second-order valence-corrected chi connectivity index (χ2v) is 11.0. The normalized spacial score (nSPS) is 21.9. The van der Waals surface area contributed by atoms with Crippen LogP contribution in [0.1, 0.15) is 60.5 Å².